The van der Waals surface area contributed by atoms with Gasteiger partial charge in [0.25, 0.3) is 0 Å². The summed E-state index contributed by atoms with van der Waals surface area (Å²) in [7, 11) is 0. The molecule has 0 amide bonds. The molecule has 1 aromatic rings. The highest BCUT2D eigenvalue weighted by Crippen LogP contribution is 2.26. The third-order valence-electron chi connectivity index (χ3n) is 2.48. The standard InChI is InChI=1S/C12H18ClNO/c1-9-10(13)5-4-6-11(9)14-12(2,3)7-8-15/h4-6,14-15H,7-8H2,1-3H3. The van der Waals surface area contributed by atoms with E-state index >= 15 is 0 Å². The molecular formula is C12H18ClNO. The fraction of sp³-hybridized carbons (Fsp3) is 0.500. The van der Waals surface area contributed by atoms with Gasteiger partial charge in [-0.3, -0.25) is 0 Å². The average molecular weight is 228 g/mol. The predicted octanol–water partition coefficient (Wildman–Crippen LogP) is 3.22. The summed E-state index contributed by atoms with van der Waals surface area (Å²) in [6.45, 7) is 6.28. The minimum absolute atomic E-state index is 0.121. The topological polar surface area (TPSA) is 32.3 Å². The van der Waals surface area contributed by atoms with Crippen LogP contribution < -0.4 is 5.32 Å². The van der Waals surface area contributed by atoms with Crippen molar-refractivity contribution in [3.8, 4) is 0 Å². The van der Waals surface area contributed by atoms with E-state index in [9.17, 15) is 0 Å². The third-order valence-corrected chi connectivity index (χ3v) is 2.89. The molecule has 0 aliphatic heterocycles. The van der Waals surface area contributed by atoms with Crippen LogP contribution in [-0.4, -0.2) is 17.3 Å². The first kappa shape index (κ1) is 12.3. The second kappa shape index (κ2) is 4.86. The van der Waals surface area contributed by atoms with Gasteiger partial charge in [-0.15, -0.1) is 0 Å². The quantitative estimate of drug-likeness (QED) is 0.828. The summed E-state index contributed by atoms with van der Waals surface area (Å²) >= 11 is 6.03. The highest BCUT2D eigenvalue weighted by Gasteiger charge is 2.17. The molecular weight excluding hydrogens is 210 g/mol. The number of aliphatic hydroxyl groups is 1. The molecule has 2 nitrogen and oxygen atoms in total. The van der Waals surface area contributed by atoms with Crippen molar-refractivity contribution in [2.45, 2.75) is 32.7 Å². The molecule has 0 unspecified atom stereocenters. The molecule has 2 N–H and O–H groups in total. The highest BCUT2D eigenvalue weighted by atomic mass is 35.5. The summed E-state index contributed by atoms with van der Waals surface area (Å²) < 4.78 is 0. The monoisotopic (exact) mass is 227 g/mol. The first-order valence-electron chi connectivity index (χ1n) is 5.10. The molecule has 15 heavy (non-hydrogen) atoms. The van der Waals surface area contributed by atoms with Crippen LogP contribution in [0, 0.1) is 6.92 Å². The normalized spacial score (nSPS) is 11.5. The van der Waals surface area contributed by atoms with Gasteiger partial charge in [0.1, 0.15) is 0 Å². The molecule has 3 heteroatoms. The summed E-state index contributed by atoms with van der Waals surface area (Å²) in [6, 6.07) is 5.80. The number of benzene rings is 1. The van der Waals surface area contributed by atoms with Gasteiger partial charge in [0.05, 0.1) is 0 Å². The van der Waals surface area contributed by atoms with Crippen molar-refractivity contribution in [2.24, 2.45) is 0 Å². The molecule has 0 spiro atoms. The van der Waals surface area contributed by atoms with E-state index in [1.807, 2.05) is 25.1 Å². The van der Waals surface area contributed by atoms with Gasteiger partial charge < -0.3 is 10.4 Å². The van der Waals surface area contributed by atoms with E-state index < -0.39 is 0 Å². The molecule has 0 heterocycles. The number of halogens is 1. The van der Waals surface area contributed by atoms with Crippen LogP contribution in [0.5, 0.6) is 0 Å². The van der Waals surface area contributed by atoms with E-state index in [4.69, 9.17) is 16.7 Å². The molecule has 1 rings (SSSR count). The van der Waals surface area contributed by atoms with Crippen molar-refractivity contribution < 1.29 is 5.11 Å². The number of aliphatic hydroxyl groups excluding tert-OH is 1. The van der Waals surface area contributed by atoms with Crippen LogP contribution in [0.1, 0.15) is 25.8 Å². The van der Waals surface area contributed by atoms with Crippen molar-refractivity contribution in [3.63, 3.8) is 0 Å². The zero-order valence-electron chi connectivity index (χ0n) is 9.47. The summed E-state index contributed by atoms with van der Waals surface area (Å²) in [5, 5.41) is 13.1. The Bertz CT molecular complexity index is 336. The maximum Gasteiger partial charge on any atom is 0.0455 e. The second-order valence-corrected chi connectivity index (χ2v) is 4.80. The Hall–Kier alpha value is -0.730. The van der Waals surface area contributed by atoms with Gasteiger partial charge in [0, 0.05) is 22.9 Å². The average Bonchev–Trinajstić information content (AvgIpc) is 2.12. The van der Waals surface area contributed by atoms with E-state index in [0.29, 0.717) is 6.42 Å². The third kappa shape index (κ3) is 3.40. The van der Waals surface area contributed by atoms with Gasteiger partial charge in [-0.1, -0.05) is 17.7 Å². The molecule has 0 aliphatic rings. The van der Waals surface area contributed by atoms with Crippen molar-refractivity contribution in [1.29, 1.82) is 0 Å². The van der Waals surface area contributed by atoms with Gasteiger partial charge in [-0.25, -0.2) is 0 Å². The summed E-state index contributed by atoms with van der Waals surface area (Å²) in [5.74, 6) is 0. The maximum atomic E-state index is 8.94. The van der Waals surface area contributed by atoms with Crippen molar-refractivity contribution in [2.75, 3.05) is 11.9 Å². The van der Waals surface area contributed by atoms with Crippen LogP contribution in [0.4, 0.5) is 5.69 Å². The lowest BCUT2D eigenvalue weighted by Gasteiger charge is -2.28. The van der Waals surface area contributed by atoms with Gasteiger partial charge in [0.15, 0.2) is 0 Å². The number of rotatable bonds is 4. The molecule has 0 bridgehead atoms. The SMILES string of the molecule is Cc1c(Cl)cccc1NC(C)(C)CCO. The zero-order valence-corrected chi connectivity index (χ0v) is 10.2. The van der Waals surface area contributed by atoms with Gasteiger partial charge in [-0.2, -0.15) is 0 Å². The second-order valence-electron chi connectivity index (χ2n) is 4.39. The van der Waals surface area contributed by atoms with E-state index in [0.717, 1.165) is 16.3 Å². The van der Waals surface area contributed by atoms with Crippen LogP contribution in [0.25, 0.3) is 0 Å². The lowest BCUT2D eigenvalue weighted by atomic mass is 10.00. The Morgan fingerprint density at radius 2 is 2.07 bits per heavy atom. The molecule has 0 atom stereocenters. The van der Waals surface area contributed by atoms with E-state index in [2.05, 4.69) is 19.2 Å². The summed E-state index contributed by atoms with van der Waals surface area (Å²) in [5.41, 5.74) is 1.95. The first-order chi connectivity index (χ1) is 6.96. The fourth-order valence-electron chi connectivity index (χ4n) is 1.45. The number of hydrogen-bond donors (Lipinski definition) is 2. The van der Waals surface area contributed by atoms with Crippen molar-refractivity contribution in [3.05, 3.63) is 28.8 Å². The van der Waals surface area contributed by atoms with Crippen molar-refractivity contribution >= 4 is 17.3 Å². The van der Waals surface area contributed by atoms with Gasteiger partial charge in [0.2, 0.25) is 0 Å². The largest absolute Gasteiger partial charge is 0.396 e. The first-order valence-corrected chi connectivity index (χ1v) is 5.48. The number of nitrogens with one attached hydrogen (secondary N) is 1. The molecule has 1 aromatic carbocycles. The van der Waals surface area contributed by atoms with Crippen LogP contribution in [0.2, 0.25) is 5.02 Å². The molecule has 0 aliphatic carbocycles. The summed E-state index contributed by atoms with van der Waals surface area (Å²) in [4.78, 5) is 0. The van der Waals surface area contributed by atoms with Crippen LogP contribution in [0.15, 0.2) is 18.2 Å². The maximum absolute atomic E-state index is 8.94. The highest BCUT2D eigenvalue weighted by molar-refractivity contribution is 6.31. The Morgan fingerprint density at radius 1 is 1.40 bits per heavy atom. The van der Waals surface area contributed by atoms with Crippen molar-refractivity contribution in [1.82, 2.24) is 0 Å². The minimum Gasteiger partial charge on any atom is -0.396 e. The lowest BCUT2D eigenvalue weighted by molar-refractivity contribution is 0.261. The Balaban J connectivity index is 2.85. The van der Waals surface area contributed by atoms with Crippen LogP contribution >= 0.6 is 11.6 Å². The van der Waals surface area contributed by atoms with Gasteiger partial charge in [-0.05, 0) is 44.9 Å². The summed E-state index contributed by atoms with van der Waals surface area (Å²) in [6.07, 6.45) is 0.707. The molecule has 0 saturated carbocycles. The Morgan fingerprint density at radius 3 is 2.67 bits per heavy atom. The van der Waals surface area contributed by atoms with Gasteiger partial charge >= 0.3 is 0 Å². The Kier molecular flexibility index (Phi) is 4.00. The van der Waals surface area contributed by atoms with E-state index in [1.54, 1.807) is 0 Å². The fourth-order valence-corrected chi connectivity index (χ4v) is 1.62. The zero-order chi connectivity index (χ0) is 11.5. The predicted molar refractivity (Wildman–Crippen MR) is 65.6 cm³/mol. The van der Waals surface area contributed by atoms with Crippen LogP contribution in [0.3, 0.4) is 0 Å². The van der Waals surface area contributed by atoms with Crippen LogP contribution in [-0.2, 0) is 0 Å². The molecule has 0 radical (unpaired) electrons. The minimum atomic E-state index is -0.121. The molecule has 0 fully saturated rings. The number of hydrogen-bond acceptors (Lipinski definition) is 2. The molecule has 84 valence electrons. The number of anilines is 1. The Labute approximate surface area is 96.3 Å². The van der Waals surface area contributed by atoms with E-state index in [1.165, 1.54) is 0 Å². The lowest BCUT2D eigenvalue weighted by Crippen LogP contribution is -2.32. The molecule has 0 aromatic heterocycles. The van der Waals surface area contributed by atoms with E-state index in [-0.39, 0.29) is 12.1 Å². The smallest absolute Gasteiger partial charge is 0.0455 e. The molecule has 0 saturated heterocycles.